The molecule has 4 nitrogen and oxygen atoms in total. The molecule has 3 rings (SSSR count). The van der Waals surface area contributed by atoms with Crippen LogP contribution in [0.5, 0.6) is 0 Å². The Morgan fingerprint density at radius 2 is 2.00 bits per heavy atom. The molecule has 1 aromatic carbocycles. The van der Waals surface area contributed by atoms with Crippen LogP contribution in [0.25, 0.3) is 0 Å². The van der Waals surface area contributed by atoms with Crippen molar-refractivity contribution in [3.63, 3.8) is 0 Å². The Morgan fingerprint density at radius 3 is 2.65 bits per heavy atom. The second-order valence-electron chi connectivity index (χ2n) is 6.66. The Bertz CT molecular complexity index is 759. The summed E-state index contributed by atoms with van der Waals surface area (Å²) in [5, 5.41) is 6.92. The lowest BCUT2D eigenvalue weighted by atomic mass is 9.96. The molecule has 0 amide bonds. The molecule has 6 heteroatoms. The number of aryl methyl sites for hydroxylation is 1. The first-order valence-electron chi connectivity index (χ1n) is 8.74. The van der Waals surface area contributed by atoms with Crippen LogP contribution in [0.15, 0.2) is 52.2 Å². The second kappa shape index (κ2) is 9.69. The van der Waals surface area contributed by atoms with E-state index in [9.17, 15) is 0 Å². The molecule has 1 aliphatic rings. The van der Waals surface area contributed by atoms with Crippen molar-refractivity contribution >= 4 is 45.9 Å². The molecule has 0 spiro atoms. The molecular formula is C20H26BrIN4. The lowest BCUT2D eigenvalue weighted by Gasteiger charge is -2.20. The number of rotatable bonds is 6. The minimum Gasteiger partial charge on any atom is -0.356 e. The Hall–Kier alpha value is -1.15. The first-order chi connectivity index (χ1) is 12.1. The largest absolute Gasteiger partial charge is 0.356 e. The molecule has 0 aliphatic heterocycles. The van der Waals surface area contributed by atoms with Crippen molar-refractivity contribution in [3.05, 3.63) is 63.9 Å². The third-order valence-electron chi connectivity index (χ3n) is 4.94. The highest BCUT2D eigenvalue weighted by atomic mass is 127. The minimum absolute atomic E-state index is 0. The van der Waals surface area contributed by atoms with Gasteiger partial charge in [-0.15, -0.1) is 24.0 Å². The molecule has 1 heterocycles. The fraction of sp³-hybridized carbons (Fsp3) is 0.400. The molecule has 26 heavy (non-hydrogen) atoms. The topological polar surface area (TPSA) is 49.3 Å². The molecule has 0 saturated heterocycles. The zero-order valence-corrected chi connectivity index (χ0v) is 19.2. The van der Waals surface area contributed by atoms with Crippen LogP contribution < -0.4 is 10.6 Å². The van der Waals surface area contributed by atoms with Crippen molar-refractivity contribution in [2.75, 3.05) is 20.1 Å². The van der Waals surface area contributed by atoms with Crippen molar-refractivity contribution in [2.45, 2.75) is 31.6 Å². The highest BCUT2D eigenvalue weighted by Crippen LogP contribution is 2.49. The standard InChI is InChI=1S/C20H25BrN4.HI/c1-15-13-23-11-7-16(15)8-12-24-19(22-2)25-14-20(9-10-20)17-5-3-4-6-18(17)21;/h3-7,11,13H,8-10,12,14H2,1-2H3,(H2,22,24,25);1H. The van der Waals surface area contributed by atoms with Crippen molar-refractivity contribution in [3.8, 4) is 0 Å². The van der Waals surface area contributed by atoms with E-state index in [-0.39, 0.29) is 29.4 Å². The smallest absolute Gasteiger partial charge is 0.191 e. The molecule has 1 aliphatic carbocycles. The van der Waals surface area contributed by atoms with Crippen LogP contribution in [-0.4, -0.2) is 31.1 Å². The number of halogens is 2. The van der Waals surface area contributed by atoms with Crippen molar-refractivity contribution < 1.29 is 0 Å². The molecule has 1 saturated carbocycles. The summed E-state index contributed by atoms with van der Waals surface area (Å²) in [7, 11) is 1.82. The van der Waals surface area contributed by atoms with E-state index in [0.717, 1.165) is 25.5 Å². The Labute approximate surface area is 181 Å². The second-order valence-corrected chi connectivity index (χ2v) is 7.52. The fourth-order valence-corrected chi connectivity index (χ4v) is 3.86. The van der Waals surface area contributed by atoms with Gasteiger partial charge >= 0.3 is 0 Å². The van der Waals surface area contributed by atoms with Gasteiger partial charge in [-0.25, -0.2) is 0 Å². The van der Waals surface area contributed by atoms with Crippen molar-refractivity contribution in [1.82, 2.24) is 15.6 Å². The molecule has 0 unspecified atom stereocenters. The number of nitrogens with zero attached hydrogens (tertiary/aromatic N) is 2. The summed E-state index contributed by atoms with van der Waals surface area (Å²) in [6.07, 6.45) is 7.16. The average Bonchev–Trinajstić information content (AvgIpc) is 3.41. The van der Waals surface area contributed by atoms with E-state index in [1.54, 1.807) is 0 Å². The number of aliphatic imine (C=N–C) groups is 1. The van der Waals surface area contributed by atoms with Gasteiger partial charge in [-0.1, -0.05) is 34.1 Å². The third kappa shape index (κ3) is 5.19. The van der Waals surface area contributed by atoms with Gasteiger partial charge in [0.05, 0.1) is 0 Å². The monoisotopic (exact) mass is 528 g/mol. The van der Waals surface area contributed by atoms with Crippen LogP contribution in [0, 0.1) is 6.92 Å². The molecule has 2 N–H and O–H groups in total. The molecular weight excluding hydrogens is 503 g/mol. The van der Waals surface area contributed by atoms with Crippen LogP contribution in [-0.2, 0) is 11.8 Å². The van der Waals surface area contributed by atoms with Gasteiger partial charge in [0, 0.05) is 42.4 Å². The summed E-state index contributed by atoms with van der Waals surface area (Å²) in [6, 6.07) is 10.6. The van der Waals surface area contributed by atoms with Crippen LogP contribution in [0.4, 0.5) is 0 Å². The van der Waals surface area contributed by atoms with Gasteiger partial charge < -0.3 is 10.6 Å². The number of guanidine groups is 1. The number of aromatic nitrogens is 1. The van der Waals surface area contributed by atoms with Crippen LogP contribution >= 0.6 is 39.9 Å². The predicted octanol–water partition coefficient (Wildman–Crippen LogP) is 4.21. The van der Waals surface area contributed by atoms with Gasteiger partial charge in [0.1, 0.15) is 0 Å². The minimum atomic E-state index is 0. The Morgan fingerprint density at radius 1 is 1.23 bits per heavy atom. The number of hydrogen-bond donors (Lipinski definition) is 2. The first-order valence-corrected chi connectivity index (χ1v) is 9.53. The van der Waals surface area contributed by atoms with Gasteiger partial charge in [0.15, 0.2) is 5.96 Å². The van der Waals surface area contributed by atoms with Gasteiger partial charge in [-0.2, -0.15) is 0 Å². The lowest BCUT2D eigenvalue weighted by Crippen LogP contribution is -2.42. The number of hydrogen-bond acceptors (Lipinski definition) is 2. The highest BCUT2D eigenvalue weighted by Gasteiger charge is 2.45. The predicted molar refractivity (Wildman–Crippen MR) is 123 cm³/mol. The quantitative estimate of drug-likeness (QED) is 0.335. The van der Waals surface area contributed by atoms with Gasteiger partial charge in [0.25, 0.3) is 0 Å². The zero-order valence-electron chi connectivity index (χ0n) is 15.3. The van der Waals surface area contributed by atoms with E-state index in [0.29, 0.717) is 0 Å². The zero-order chi connectivity index (χ0) is 17.7. The molecule has 0 atom stereocenters. The summed E-state index contributed by atoms with van der Waals surface area (Å²) in [4.78, 5) is 8.50. The summed E-state index contributed by atoms with van der Waals surface area (Å²) in [5.41, 5.74) is 4.19. The number of nitrogens with one attached hydrogen (secondary N) is 2. The van der Waals surface area contributed by atoms with Gasteiger partial charge in [-0.3, -0.25) is 9.98 Å². The summed E-state index contributed by atoms with van der Waals surface area (Å²) < 4.78 is 1.20. The van der Waals surface area contributed by atoms with Crippen molar-refractivity contribution in [1.29, 1.82) is 0 Å². The van der Waals surface area contributed by atoms with Gasteiger partial charge in [0.2, 0.25) is 0 Å². The van der Waals surface area contributed by atoms with E-state index < -0.39 is 0 Å². The number of pyridine rings is 1. The van der Waals surface area contributed by atoms with E-state index >= 15 is 0 Å². The molecule has 2 aromatic rings. The SMILES string of the molecule is CN=C(NCCc1ccncc1C)NCC1(c2ccccc2Br)CC1.I. The van der Waals surface area contributed by atoms with E-state index in [4.69, 9.17) is 0 Å². The maximum Gasteiger partial charge on any atom is 0.191 e. The molecule has 140 valence electrons. The maximum absolute atomic E-state index is 4.36. The van der Waals surface area contributed by atoms with Crippen LogP contribution in [0.1, 0.15) is 29.5 Å². The molecule has 1 fully saturated rings. The number of benzene rings is 1. The summed E-state index contributed by atoms with van der Waals surface area (Å²) in [6.45, 7) is 3.86. The molecule has 0 radical (unpaired) electrons. The summed E-state index contributed by atoms with van der Waals surface area (Å²) in [5.74, 6) is 0.866. The Kier molecular flexibility index (Phi) is 7.88. The van der Waals surface area contributed by atoms with Crippen molar-refractivity contribution in [2.24, 2.45) is 4.99 Å². The van der Waals surface area contributed by atoms with E-state index in [1.165, 1.54) is 34.0 Å². The highest BCUT2D eigenvalue weighted by molar-refractivity contribution is 14.0. The van der Waals surface area contributed by atoms with Gasteiger partial charge in [-0.05, 0) is 55.0 Å². The normalized spacial score (nSPS) is 15.1. The Balaban J connectivity index is 0.00000243. The van der Waals surface area contributed by atoms with E-state index in [1.807, 2.05) is 19.4 Å². The van der Waals surface area contributed by atoms with E-state index in [2.05, 4.69) is 73.8 Å². The first kappa shape index (κ1) is 21.2. The maximum atomic E-state index is 4.36. The fourth-order valence-electron chi connectivity index (χ4n) is 3.16. The van der Waals surface area contributed by atoms with Crippen LogP contribution in [0.3, 0.4) is 0 Å². The third-order valence-corrected chi connectivity index (χ3v) is 5.63. The summed E-state index contributed by atoms with van der Waals surface area (Å²) >= 11 is 3.69. The molecule has 0 bridgehead atoms. The average molecular weight is 529 g/mol. The van der Waals surface area contributed by atoms with Crippen LogP contribution in [0.2, 0.25) is 0 Å². The lowest BCUT2D eigenvalue weighted by molar-refractivity contribution is 0.643. The molecule has 1 aromatic heterocycles.